The van der Waals surface area contributed by atoms with E-state index in [0.717, 1.165) is 32.4 Å². The van der Waals surface area contributed by atoms with Crippen LogP contribution in [-0.2, 0) is 0 Å². The lowest BCUT2D eigenvalue weighted by Gasteiger charge is -2.17. The van der Waals surface area contributed by atoms with Gasteiger partial charge in [0.2, 0.25) is 11.7 Å². The summed E-state index contributed by atoms with van der Waals surface area (Å²) in [5, 5.41) is 17.5. The van der Waals surface area contributed by atoms with Crippen LogP contribution in [0.25, 0.3) is 0 Å². The second-order valence-corrected chi connectivity index (χ2v) is 4.52. The van der Waals surface area contributed by atoms with E-state index in [0.29, 0.717) is 5.88 Å². The average molecular weight is 266 g/mol. The van der Waals surface area contributed by atoms with Crippen LogP contribution < -0.4 is 15.4 Å². The fourth-order valence-electron chi connectivity index (χ4n) is 2.14. The smallest absolute Gasteiger partial charge is 0.311 e. The monoisotopic (exact) mass is 266 g/mol. The molecule has 1 fully saturated rings. The van der Waals surface area contributed by atoms with E-state index in [9.17, 15) is 10.1 Å². The van der Waals surface area contributed by atoms with Gasteiger partial charge in [-0.1, -0.05) is 6.42 Å². The van der Waals surface area contributed by atoms with Crippen LogP contribution >= 0.6 is 0 Å². The first-order chi connectivity index (χ1) is 9.20. The van der Waals surface area contributed by atoms with Gasteiger partial charge in [0.05, 0.1) is 12.0 Å². The largest absolute Gasteiger partial charge is 0.481 e. The van der Waals surface area contributed by atoms with Crippen LogP contribution in [-0.4, -0.2) is 36.1 Å². The Balaban J connectivity index is 2.18. The van der Waals surface area contributed by atoms with Gasteiger partial charge in [0.25, 0.3) is 0 Å². The standard InChI is InChI=1S/C12H18N4O3/c1-19-11-6-5-10(16(17)18)12(15-11)14-9-4-2-3-7-13-8-9/h5-6,9,13H,2-4,7-8H2,1H3,(H,14,15). The highest BCUT2D eigenvalue weighted by Crippen LogP contribution is 2.26. The Labute approximate surface area is 111 Å². The van der Waals surface area contributed by atoms with Crippen molar-refractivity contribution in [2.24, 2.45) is 0 Å². The number of nitro groups is 1. The third-order valence-corrected chi connectivity index (χ3v) is 3.14. The molecule has 0 aliphatic carbocycles. The zero-order valence-electron chi connectivity index (χ0n) is 10.9. The molecule has 1 atom stereocenters. The van der Waals surface area contributed by atoms with Crippen LogP contribution in [0.5, 0.6) is 5.88 Å². The predicted molar refractivity (Wildman–Crippen MR) is 71.6 cm³/mol. The molecule has 0 aromatic carbocycles. The van der Waals surface area contributed by atoms with E-state index < -0.39 is 4.92 Å². The molecule has 1 aromatic heterocycles. The van der Waals surface area contributed by atoms with Crippen LogP contribution in [0.4, 0.5) is 11.5 Å². The Morgan fingerprint density at radius 1 is 1.53 bits per heavy atom. The topological polar surface area (TPSA) is 89.3 Å². The summed E-state index contributed by atoms with van der Waals surface area (Å²) >= 11 is 0. The molecule has 1 saturated heterocycles. The first-order valence-corrected chi connectivity index (χ1v) is 6.37. The minimum atomic E-state index is -0.432. The molecule has 104 valence electrons. The summed E-state index contributed by atoms with van der Waals surface area (Å²) in [7, 11) is 1.49. The van der Waals surface area contributed by atoms with E-state index in [4.69, 9.17) is 4.74 Å². The van der Waals surface area contributed by atoms with Crippen LogP contribution in [0.3, 0.4) is 0 Å². The second-order valence-electron chi connectivity index (χ2n) is 4.52. The summed E-state index contributed by atoms with van der Waals surface area (Å²) in [6.07, 6.45) is 3.21. The number of methoxy groups -OCH3 is 1. The third kappa shape index (κ3) is 3.54. The second kappa shape index (κ2) is 6.33. The van der Waals surface area contributed by atoms with Crippen LogP contribution in [0, 0.1) is 10.1 Å². The van der Waals surface area contributed by atoms with Crippen molar-refractivity contribution in [1.82, 2.24) is 10.3 Å². The first kappa shape index (κ1) is 13.5. The van der Waals surface area contributed by atoms with E-state index in [1.165, 1.54) is 19.2 Å². The zero-order chi connectivity index (χ0) is 13.7. The number of hydrogen-bond acceptors (Lipinski definition) is 6. The number of nitrogens with zero attached hydrogens (tertiary/aromatic N) is 2. The Hall–Kier alpha value is -1.89. The Morgan fingerprint density at radius 2 is 2.37 bits per heavy atom. The maximum Gasteiger partial charge on any atom is 0.311 e. The highest BCUT2D eigenvalue weighted by atomic mass is 16.6. The molecule has 1 aliphatic heterocycles. The van der Waals surface area contributed by atoms with Crippen molar-refractivity contribution in [2.75, 3.05) is 25.5 Å². The molecule has 19 heavy (non-hydrogen) atoms. The summed E-state index contributed by atoms with van der Waals surface area (Å²) in [6, 6.07) is 3.06. The van der Waals surface area contributed by atoms with Gasteiger partial charge in [-0.05, 0) is 19.4 Å². The lowest BCUT2D eigenvalue weighted by atomic mass is 10.1. The van der Waals surface area contributed by atoms with Crippen molar-refractivity contribution in [1.29, 1.82) is 0 Å². The van der Waals surface area contributed by atoms with E-state index in [1.807, 2.05) is 0 Å². The quantitative estimate of drug-likeness (QED) is 0.635. The summed E-state index contributed by atoms with van der Waals surface area (Å²) in [5.74, 6) is 0.646. The maximum absolute atomic E-state index is 11.0. The SMILES string of the molecule is COc1ccc([N+](=O)[O-])c(NC2CCCCNC2)n1. The van der Waals surface area contributed by atoms with E-state index >= 15 is 0 Å². The number of pyridine rings is 1. The molecule has 0 amide bonds. The molecule has 7 heteroatoms. The number of rotatable bonds is 4. The number of hydrogen-bond donors (Lipinski definition) is 2. The predicted octanol–water partition coefficient (Wildman–Crippen LogP) is 1.55. The van der Waals surface area contributed by atoms with Gasteiger partial charge in [0, 0.05) is 24.7 Å². The average Bonchev–Trinajstić information content (AvgIpc) is 2.67. The molecule has 0 radical (unpaired) electrons. The highest BCUT2D eigenvalue weighted by Gasteiger charge is 2.20. The van der Waals surface area contributed by atoms with Gasteiger partial charge >= 0.3 is 5.69 Å². The molecule has 1 aromatic rings. The molecular weight excluding hydrogens is 248 g/mol. The summed E-state index contributed by atoms with van der Waals surface area (Å²) in [6.45, 7) is 1.78. The van der Waals surface area contributed by atoms with Gasteiger partial charge in [-0.25, -0.2) is 0 Å². The lowest BCUT2D eigenvalue weighted by molar-refractivity contribution is -0.384. The molecule has 2 rings (SSSR count). The molecule has 2 heterocycles. The molecule has 0 spiro atoms. The number of anilines is 1. The van der Waals surface area contributed by atoms with Crippen molar-refractivity contribution in [2.45, 2.75) is 25.3 Å². The molecule has 1 aliphatic rings. The minimum absolute atomic E-state index is 0.0231. The number of ether oxygens (including phenoxy) is 1. The molecular formula is C12H18N4O3. The van der Waals surface area contributed by atoms with Crippen molar-refractivity contribution >= 4 is 11.5 Å². The Kier molecular flexibility index (Phi) is 4.51. The van der Waals surface area contributed by atoms with Gasteiger partial charge in [0.1, 0.15) is 0 Å². The summed E-state index contributed by atoms with van der Waals surface area (Å²) in [4.78, 5) is 14.7. The van der Waals surface area contributed by atoms with Gasteiger partial charge in [-0.2, -0.15) is 4.98 Å². The van der Waals surface area contributed by atoms with Crippen molar-refractivity contribution in [3.8, 4) is 5.88 Å². The molecule has 2 N–H and O–H groups in total. The third-order valence-electron chi connectivity index (χ3n) is 3.14. The Bertz CT molecular complexity index is 445. The van der Waals surface area contributed by atoms with Crippen molar-refractivity contribution in [3.63, 3.8) is 0 Å². The molecule has 7 nitrogen and oxygen atoms in total. The van der Waals surface area contributed by atoms with Gasteiger partial charge in [-0.15, -0.1) is 0 Å². The van der Waals surface area contributed by atoms with Gasteiger partial charge in [0.15, 0.2) is 0 Å². The fraction of sp³-hybridized carbons (Fsp3) is 0.583. The fourth-order valence-corrected chi connectivity index (χ4v) is 2.14. The lowest BCUT2D eigenvalue weighted by Crippen LogP contribution is -2.31. The zero-order valence-corrected chi connectivity index (χ0v) is 10.9. The highest BCUT2D eigenvalue weighted by molar-refractivity contribution is 5.57. The molecule has 1 unspecified atom stereocenters. The van der Waals surface area contributed by atoms with Crippen molar-refractivity contribution < 1.29 is 9.66 Å². The Morgan fingerprint density at radius 3 is 3.11 bits per heavy atom. The normalized spacial score (nSPS) is 19.5. The molecule has 0 bridgehead atoms. The van der Waals surface area contributed by atoms with Crippen LogP contribution in [0.1, 0.15) is 19.3 Å². The van der Waals surface area contributed by atoms with E-state index in [2.05, 4.69) is 15.6 Å². The van der Waals surface area contributed by atoms with E-state index in [1.54, 1.807) is 0 Å². The van der Waals surface area contributed by atoms with Crippen LogP contribution in [0.2, 0.25) is 0 Å². The number of aromatic nitrogens is 1. The van der Waals surface area contributed by atoms with Gasteiger partial charge in [-0.3, -0.25) is 10.1 Å². The first-order valence-electron chi connectivity index (χ1n) is 6.37. The molecule has 0 saturated carbocycles. The van der Waals surface area contributed by atoms with E-state index in [-0.39, 0.29) is 17.5 Å². The van der Waals surface area contributed by atoms with Crippen molar-refractivity contribution in [3.05, 3.63) is 22.2 Å². The summed E-state index contributed by atoms with van der Waals surface area (Å²) in [5.41, 5.74) is -0.0231. The number of nitrogens with one attached hydrogen (secondary N) is 2. The summed E-state index contributed by atoms with van der Waals surface area (Å²) < 4.78 is 5.01. The van der Waals surface area contributed by atoms with Gasteiger partial charge < -0.3 is 15.4 Å². The maximum atomic E-state index is 11.0. The minimum Gasteiger partial charge on any atom is -0.481 e. The van der Waals surface area contributed by atoms with Crippen LogP contribution in [0.15, 0.2) is 12.1 Å².